The van der Waals surface area contributed by atoms with Crippen LogP contribution in [0.15, 0.2) is 17.1 Å². The highest BCUT2D eigenvalue weighted by Crippen LogP contribution is 2.33. The number of amides is 1. The number of carbonyl (C=O) groups is 1. The number of rotatable bonds is 6. The molecule has 1 amide bonds. The van der Waals surface area contributed by atoms with E-state index in [-0.39, 0.29) is 42.1 Å². The normalized spacial score (nSPS) is 17.6. The van der Waals surface area contributed by atoms with Crippen molar-refractivity contribution in [2.75, 3.05) is 13.2 Å². The van der Waals surface area contributed by atoms with Gasteiger partial charge < -0.3 is 10.1 Å². The molecule has 3 heterocycles. The van der Waals surface area contributed by atoms with Crippen molar-refractivity contribution in [2.24, 2.45) is 0 Å². The summed E-state index contributed by atoms with van der Waals surface area (Å²) in [5.41, 5.74) is -1.92. The average molecular weight is 400 g/mol. The first-order valence-corrected chi connectivity index (χ1v) is 9.25. The van der Waals surface area contributed by atoms with E-state index in [1.807, 2.05) is 0 Å². The molecule has 7 nitrogen and oxygen atoms in total. The number of carbonyl (C=O) groups excluding carboxylic acids is 1. The summed E-state index contributed by atoms with van der Waals surface area (Å²) >= 11 is 0. The molecular formula is C18H23F3N4O3. The van der Waals surface area contributed by atoms with E-state index in [1.54, 1.807) is 13.8 Å². The Hall–Kier alpha value is -2.36. The second kappa shape index (κ2) is 7.94. The SMILES string of the molecule is CC(C)n1cc2c(C(F)(F)F)cc(=O)n(CCC(=O)NC[C@@H]3CCCO3)c2n1. The predicted octanol–water partition coefficient (Wildman–Crippen LogP) is 2.48. The molecule has 1 N–H and O–H groups in total. The number of alkyl halides is 3. The van der Waals surface area contributed by atoms with Crippen LogP contribution in [0, 0.1) is 0 Å². The summed E-state index contributed by atoms with van der Waals surface area (Å²) in [6, 6.07) is 0.394. The Labute approximate surface area is 159 Å². The lowest BCUT2D eigenvalue weighted by Crippen LogP contribution is -2.33. The van der Waals surface area contributed by atoms with Gasteiger partial charge in [0.2, 0.25) is 5.91 Å². The molecule has 1 saturated heterocycles. The zero-order chi connectivity index (χ0) is 20.5. The number of hydrogen-bond donors (Lipinski definition) is 1. The summed E-state index contributed by atoms with van der Waals surface area (Å²) in [5, 5.41) is 6.75. The highest BCUT2D eigenvalue weighted by molar-refractivity contribution is 5.80. The Balaban J connectivity index is 1.83. The maximum atomic E-state index is 13.3. The van der Waals surface area contributed by atoms with Gasteiger partial charge in [0.1, 0.15) is 0 Å². The molecule has 10 heteroatoms. The average Bonchev–Trinajstić information content (AvgIpc) is 3.27. The molecule has 0 bridgehead atoms. The molecule has 0 aliphatic carbocycles. The molecule has 28 heavy (non-hydrogen) atoms. The highest BCUT2D eigenvalue weighted by atomic mass is 19.4. The number of ether oxygens (including phenoxy) is 1. The van der Waals surface area contributed by atoms with E-state index >= 15 is 0 Å². The minimum atomic E-state index is -4.67. The predicted molar refractivity (Wildman–Crippen MR) is 96.0 cm³/mol. The van der Waals surface area contributed by atoms with Crippen LogP contribution in [0.5, 0.6) is 0 Å². The summed E-state index contributed by atoms with van der Waals surface area (Å²) < 4.78 is 47.9. The van der Waals surface area contributed by atoms with E-state index in [4.69, 9.17) is 4.74 Å². The topological polar surface area (TPSA) is 78.2 Å². The van der Waals surface area contributed by atoms with Gasteiger partial charge in [0.25, 0.3) is 5.56 Å². The van der Waals surface area contributed by atoms with Gasteiger partial charge in [0, 0.05) is 49.8 Å². The molecule has 0 saturated carbocycles. The first kappa shape index (κ1) is 20.4. The molecule has 2 aromatic heterocycles. The molecule has 1 aliphatic rings. The van der Waals surface area contributed by atoms with Crippen molar-refractivity contribution in [3.63, 3.8) is 0 Å². The maximum absolute atomic E-state index is 13.3. The molecular weight excluding hydrogens is 377 g/mol. The fraction of sp³-hybridized carbons (Fsp3) is 0.611. The van der Waals surface area contributed by atoms with Crippen LogP contribution in [-0.2, 0) is 22.3 Å². The van der Waals surface area contributed by atoms with Crippen LogP contribution in [0.1, 0.15) is 44.7 Å². The van der Waals surface area contributed by atoms with Crippen LogP contribution in [-0.4, -0.2) is 39.5 Å². The summed E-state index contributed by atoms with van der Waals surface area (Å²) in [4.78, 5) is 24.4. The molecule has 1 atom stereocenters. The molecule has 1 aliphatic heterocycles. The first-order chi connectivity index (χ1) is 13.2. The van der Waals surface area contributed by atoms with E-state index < -0.39 is 17.3 Å². The third-order valence-corrected chi connectivity index (χ3v) is 4.74. The Morgan fingerprint density at radius 1 is 1.43 bits per heavy atom. The second-order valence-electron chi connectivity index (χ2n) is 7.17. The molecule has 1 fully saturated rings. The number of halogens is 3. The zero-order valence-electron chi connectivity index (χ0n) is 15.8. The van der Waals surface area contributed by atoms with Gasteiger partial charge in [-0.1, -0.05) is 0 Å². The smallest absolute Gasteiger partial charge is 0.376 e. The number of fused-ring (bicyclic) bond motifs is 1. The quantitative estimate of drug-likeness (QED) is 0.808. The molecule has 3 rings (SSSR count). The van der Waals surface area contributed by atoms with Crippen LogP contribution in [0.4, 0.5) is 13.2 Å². The summed E-state index contributed by atoms with van der Waals surface area (Å²) in [5.74, 6) is -0.293. The number of nitrogens with one attached hydrogen (secondary N) is 1. The van der Waals surface area contributed by atoms with E-state index in [2.05, 4.69) is 10.4 Å². The van der Waals surface area contributed by atoms with Crippen molar-refractivity contribution < 1.29 is 22.7 Å². The lowest BCUT2D eigenvalue weighted by atomic mass is 10.2. The van der Waals surface area contributed by atoms with Gasteiger partial charge in [-0.15, -0.1) is 0 Å². The van der Waals surface area contributed by atoms with Crippen LogP contribution in [0.2, 0.25) is 0 Å². The fourth-order valence-corrected chi connectivity index (χ4v) is 3.20. The van der Waals surface area contributed by atoms with Gasteiger partial charge in [-0.05, 0) is 26.7 Å². The van der Waals surface area contributed by atoms with Crippen molar-refractivity contribution >= 4 is 16.9 Å². The van der Waals surface area contributed by atoms with Crippen LogP contribution >= 0.6 is 0 Å². The second-order valence-corrected chi connectivity index (χ2v) is 7.17. The molecule has 2 aromatic rings. The summed E-state index contributed by atoms with van der Waals surface area (Å²) in [6.45, 7) is 4.57. The van der Waals surface area contributed by atoms with Gasteiger partial charge in [-0.3, -0.25) is 18.8 Å². The fourth-order valence-electron chi connectivity index (χ4n) is 3.20. The summed E-state index contributed by atoms with van der Waals surface area (Å²) in [6.07, 6.45) is -1.59. The Bertz CT molecular complexity index is 911. The number of aromatic nitrogens is 3. The number of nitrogens with zero attached hydrogens (tertiary/aromatic N) is 3. The Morgan fingerprint density at radius 3 is 2.79 bits per heavy atom. The van der Waals surface area contributed by atoms with Crippen LogP contribution in [0.25, 0.3) is 11.0 Å². The Morgan fingerprint density at radius 2 is 2.18 bits per heavy atom. The van der Waals surface area contributed by atoms with E-state index in [0.29, 0.717) is 19.2 Å². The first-order valence-electron chi connectivity index (χ1n) is 9.25. The minimum Gasteiger partial charge on any atom is -0.376 e. The van der Waals surface area contributed by atoms with Crippen molar-refractivity contribution in [1.82, 2.24) is 19.7 Å². The van der Waals surface area contributed by atoms with Crippen molar-refractivity contribution in [3.8, 4) is 0 Å². The molecule has 0 aromatic carbocycles. The molecule has 0 radical (unpaired) electrons. The largest absolute Gasteiger partial charge is 0.417 e. The van der Waals surface area contributed by atoms with Crippen molar-refractivity contribution in [3.05, 3.63) is 28.2 Å². The third kappa shape index (κ3) is 4.37. The Kier molecular flexibility index (Phi) is 5.78. The zero-order valence-corrected chi connectivity index (χ0v) is 15.8. The molecule has 154 valence electrons. The summed E-state index contributed by atoms with van der Waals surface area (Å²) in [7, 11) is 0. The minimum absolute atomic E-state index is 0.00816. The number of hydrogen-bond acceptors (Lipinski definition) is 4. The standard InChI is InChI=1S/C18H23F3N4O3/c1-11(2)25-10-13-14(18(19,20)21)8-16(27)24(17(13)23-25)6-5-15(26)22-9-12-4-3-7-28-12/h8,10-12H,3-7,9H2,1-2H3,(H,22,26)/t12-/m0/s1. The van der Waals surface area contributed by atoms with Crippen LogP contribution < -0.4 is 10.9 Å². The van der Waals surface area contributed by atoms with E-state index in [0.717, 1.165) is 17.4 Å². The monoisotopic (exact) mass is 400 g/mol. The lowest BCUT2D eigenvalue weighted by molar-refractivity contribution is -0.136. The third-order valence-electron chi connectivity index (χ3n) is 4.74. The molecule has 0 spiro atoms. The highest BCUT2D eigenvalue weighted by Gasteiger charge is 2.35. The number of pyridine rings is 1. The van der Waals surface area contributed by atoms with Gasteiger partial charge >= 0.3 is 6.18 Å². The van der Waals surface area contributed by atoms with E-state index in [1.165, 1.54) is 10.9 Å². The van der Waals surface area contributed by atoms with Crippen LogP contribution in [0.3, 0.4) is 0 Å². The van der Waals surface area contributed by atoms with Gasteiger partial charge in [0.05, 0.1) is 11.7 Å². The van der Waals surface area contributed by atoms with Crippen molar-refractivity contribution in [2.45, 2.75) is 58.0 Å². The van der Waals surface area contributed by atoms with E-state index in [9.17, 15) is 22.8 Å². The number of aryl methyl sites for hydroxylation is 1. The molecule has 0 unspecified atom stereocenters. The van der Waals surface area contributed by atoms with Gasteiger partial charge in [-0.2, -0.15) is 18.3 Å². The van der Waals surface area contributed by atoms with Gasteiger partial charge in [-0.25, -0.2) is 0 Å². The maximum Gasteiger partial charge on any atom is 0.417 e. The lowest BCUT2D eigenvalue weighted by Gasteiger charge is -2.13. The van der Waals surface area contributed by atoms with Crippen molar-refractivity contribution in [1.29, 1.82) is 0 Å². The van der Waals surface area contributed by atoms with Gasteiger partial charge in [0.15, 0.2) is 5.65 Å².